The van der Waals surface area contributed by atoms with E-state index in [0.29, 0.717) is 18.0 Å². The predicted octanol–water partition coefficient (Wildman–Crippen LogP) is 3.85. The van der Waals surface area contributed by atoms with E-state index in [1.807, 2.05) is 25.1 Å². The van der Waals surface area contributed by atoms with Crippen LogP contribution in [0.4, 0.5) is 0 Å². The van der Waals surface area contributed by atoms with Gasteiger partial charge in [0.25, 0.3) is 5.91 Å². The molecule has 0 spiro atoms. The molecule has 17 heavy (non-hydrogen) atoms. The zero-order chi connectivity index (χ0) is 12.8. The number of rotatable bonds is 5. The van der Waals surface area contributed by atoms with Crippen LogP contribution < -0.4 is 0 Å². The number of amides is 1. The summed E-state index contributed by atoms with van der Waals surface area (Å²) in [6.45, 7) is 5.39. The molecule has 0 bridgehead atoms. The summed E-state index contributed by atoms with van der Waals surface area (Å²) in [6.07, 6.45) is 0.937. The number of carbonyl (C=O) groups excluding carboxylic acids is 1. The first-order chi connectivity index (χ1) is 8.10. The van der Waals surface area contributed by atoms with E-state index in [1.54, 1.807) is 4.90 Å². The molecule has 4 heteroatoms. The largest absolute Gasteiger partial charge is 0.337 e. The third-order valence-electron chi connectivity index (χ3n) is 2.49. The van der Waals surface area contributed by atoms with Crippen LogP contribution in [0.5, 0.6) is 0 Å². The van der Waals surface area contributed by atoms with Crippen molar-refractivity contribution in [3.05, 3.63) is 33.8 Å². The number of nitrogens with zero attached hydrogens (tertiary/aromatic N) is 1. The maximum Gasteiger partial charge on any atom is 0.255 e. The minimum atomic E-state index is 0.0411. The highest BCUT2D eigenvalue weighted by Gasteiger charge is 2.16. The van der Waals surface area contributed by atoms with Crippen LogP contribution in [0.3, 0.4) is 0 Å². The molecule has 1 aromatic carbocycles. The van der Waals surface area contributed by atoms with Crippen LogP contribution in [0.15, 0.2) is 22.7 Å². The quantitative estimate of drug-likeness (QED) is 0.755. The van der Waals surface area contributed by atoms with Gasteiger partial charge in [0.15, 0.2) is 0 Å². The normalized spacial score (nSPS) is 10.4. The van der Waals surface area contributed by atoms with Crippen LogP contribution in [0, 0.1) is 6.92 Å². The monoisotopic (exact) mass is 317 g/mol. The Hall–Kier alpha value is -0.540. The summed E-state index contributed by atoms with van der Waals surface area (Å²) in [6, 6.07) is 5.76. The van der Waals surface area contributed by atoms with Gasteiger partial charge in [-0.3, -0.25) is 4.79 Å². The SMILES string of the molecule is CCCN(CCCl)C(=O)c1ccc(C)cc1Br. The van der Waals surface area contributed by atoms with Gasteiger partial charge in [-0.05, 0) is 47.0 Å². The Kier molecular flexibility index (Phi) is 6.00. The molecule has 2 nitrogen and oxygen atoms in total. The molecule has 0 aromatic heterocycles. The lowest BCUT2D eigenvalue weighted by atomic mass is 10.1. The van der Waals surface area contributed by atoms with Crippen LogP contribution >= 0.6 is 27.5 Å². The summed E-state index contributed by atoms with van der Waals surface area (Å²) in [4.78, 5) is 14.1. The van der Waals surface area contributed by atoms with Crippen molar-refractivity contribution in [3.63, 3.8) is 0 Å². The van der Waals surface area contributed by atoms with Crippen molar-refractivity contribution >= 4 is 33.4 Å². The Morgan fingerprint density at radius 2 is 2.12 bits per heavy atom. The van der Waals surface area contributed by atoms with Gasteiger partial charge in [0.05, 0.1) is 5.56 Å². The van der Waals surface area contributed by atoms with Gasteiger partial charge in [-0.15, -0.1) is 11.6 Å². The van der Waals surface area contributed by atoms with Crippen molar-refractivity contribution in [3.8, 4) is 0 Å². The summed E-state index contributed by atoms with van der Waals surface area (Å²) >= 11 is 9.16. The second kappa shape index (κ2) is 7.02. The molecule has 1 rings (SSSR count). The second-order valence-electron chi connectivity index (χ2n) is 3.96. The van der Waals surface area contributed by atoms with Crippen LogP contribution in [0.2, 0.25) is 0 Å². The molecular formula is C13H17BrClNO. The van der Waals surface area contributed by atoms with Crippen molar-refractivity contribution in [2.45, 2.75) is 20.3 Å². The van der Waals surface area contributed by atoms with E-state index < -0.39 is 0 Å². The van der Waals surface area contributed by atoms with Gasteiger partial charge in [-0.2, -0.15) is 0 Å². The maximum atomic E-state index is 12.3. The third-order valence-corrected chi connectivity index (χ3v) is 3.32. The van der Waals surface area contributed by atoms with Gasteiger partial charge >= 0.3 is 0 Å². The van der Waals surface area contributed by atoms with E-state index in [1.165, 1.54) is 0 Å². The molecule has 1 aromatic rings. The van der Waals surface area contributed by atoms with Gasteiger partial charge in [-0.1, -0.05) is 13.0 Å². The van der Waals surface area contributed by atoms with E-state index in [-0.39, 0.29) is 5.91 Å². The van der Waals surface area contributed by atoms with Gasteiger partial charge in [0.1, 0.15) is 0 Å². The second-order valence-corrected chi connectivity index (χ2v) is 5.20. The van der Waals surface area contributed by atoms with Gasteiger partial charge in [0.2, 0.25) is 0 Å². The fourth-order valence-electron chi connectivity index (χ4n) is 1.65. The molecule has 0 aliphatic heterocycles. The summed E-state index contributed by atoms with van der Waals surface area (Å²) in [5.74, 6) is 0.509. The molecule has 0 aliphatic carbocycles. The third kappa shape index (κ3) is 4.00. The number of hydrogen-bond donors (Lipinski definition) is 0. The predicted molar refractivity (Wildman–Crippen MR) is 75.8 cm³/mol. The first-order valence-electron chi connectivity index (χ1n) is 5.71. The average Bonchev–Trinajstić information content (AvgIpc) is 2.28. The molecule has 0 saturated heterocycles. The van der Waals surface area contributed by atoms with Crippen LogP contribution in [0.1, 0.15) is 29.3 Å². The Morgan fingerprint density at radius 1 is 1.41 bits per heavy atom. The van der Waals surface area contributed by atoms with Crippen molar-refractivity contribution in [1.29, 1.82) is 0 Å². The number of aryl methyl sites for hydroxylation is 1. The molecule has 0 aliphatic rings. The zero-order valence-corrected chi connectivity index (χ0v) is 12.5. The van der Waals surface area contributed by atoms with Crippen LogP contribution in [-0.4, -0.2) is 29.8 Å². The molecule has 0 heterocycles. The number of hydrogen-bond acceptors (Lipinski definition) is 1. The van der Waals surface area contributed by atoms with E-state index in [9.17, 15) is 4.79 Å². The first kappa shape index (κ1) is 14.5. The summed E-state index contributed by atoms with van der Waals surface area (Å²) < 4.78 is 0.846. The molecule has 0 N–H and O–H groups in total. The van der Waals surface area contributed by atoms with Crippen molar-refractivity contribution in [1.82, 2.24) is 4.90 Å². The molecule has 1 amide bonds. The Bertz CT molecular complexity index is 389. The van der Waals surface area contributed by atoms with Crippen molar-refractivity contribution in [2.75, 3.05) is 19.0 Å². The lowest BCUT2D eigenvalue weighted by Crippen LogP contribution is -2.33. The highest BCUT2D eigenvalue weighted by atomic mass is 79.9. The number of carbonyl (C=O) groups is 1. The lowest BCUT2D eigenvalue weighted by molar-refractivity contribution is 0.0764. The van der Waals surface area contributed by atoms with Crippen LogP contribution in [0.25, 0.3) is 0 Å². The minimum absolute atomic E-state index is 0.0411. The highest BCUT2D eigenvalue weighted by Crippen LogP contribution is 2.20. The number of benzene rings is 1. The van der Waals surface area contributed by atoms with E-state index in [2.05, 4.69) is 22.9 Å². The average molecular weight is 319 g/mol. The molecule has 0 saturated carbocycles. The van der Waals surface area contributed by atoms with Crippen molar-refractivity contribution in [2.24, 2.45) is 0 Å². The lowest BCUT2D eigenvalue weighted by Gasteiger charge is -2.21. The Balaban J connectivity index is 2.92. The molecular weight excluding hydrogens is 302 g/mol. The standard InChI is InChI=1S/C13H17BrClNO/c1-3-7-16(8-6-15)13(17)11-5-4-10(2)9-12(11)14/h4-5,9H,3,6-8H2,1-2H3. The molecule has 0 atom stereocenters. The summed E-state index contributed by atoms with van der Waals surface area (Å²) in [7, 11) is 0. The molecule has 0 unspecified atom stereocenters. The molecule has 0 radical (unpaired) electrons. The number of halogens is 2. The van der Waals surface area contributed by atoms with Crippen LogP contribution in [-0.2, 0) is 0 Å². The van der Waals surface area contributed by atoms with Gasteiger partial charge in [-0.25, -0.2) is 0 Å². The Morgan fingerprint density at radius 3 is 2.65 bits per heavy atom. The highest BCUT2D eigenvalue weighted by molar-refractivity contribution is 9.10. The maximum absolute atomic E-state index is 12.3. The van der Waals surface area contributed by atoms with Gasteiger partial charge < -0.3 is 4.90 Å². The topological polar surface area (TPSA) is 20.3 Å². The summed E-state index contributed by atoms with van der Waals surface area (Å²) in [5, 5.41) is 0. The molecule has 94 valence electrons. The fraction of sp³-hybridized carbons (Fsp3) is 0.462. The van der Waals surface area contributed by atoms with E-state index >= 15 is 0 Å². The number of alkyl halides is 1. The minimum Gasteiger partial charge on any atom is -0.337 e. The Labute approximate surface area is 116 Å². The summed E-state index contributed by atoms with van der Waals surface area (Å²) in [5.41, 5.74) is 1.84. The van der Waals surface area contributed by atoms with Crippen molar-refractivity contribution < 1.29 is 4.79 Å². The zero-order valence-electron chi connectivity index (χ0n) is 10.2. The van der Waals surface area contributed by atoms with E-state index in [4.69, 9.17) is 11.6 Å². The smallest absolute Gasteiger partial charge is 0.255 e. The van der Waals surface area contributed by atoms with E-state index in [0.717, 1.165) is 23.0 Å². The fourth-order valence-corrected chi connectivity index (χ4v) is 2.52. The molecule has 0 fully saturated rings. The van der Waals surface area contributed by atoms with Gasteiger partial charge in [0, 0.05) is 23.4 Å². The first-order valence-corrected chi connectivity index (χ1v) is 7.04.